The fourth-order valence-corrected chi connectivity index (χ4v) is 3.74. The molecule has 2 N–H and O–H groups in total. The van der Waals surface area contributed by atoms with E-state index < -0.39 is 0 Å². The molecule has 0 aliphatic carbocycles. The summed E-state index contributed by atoms with van der Waals surface area (Å²) < 4.78 is 23.6. The Hall–Kier alpha value is -3.13. The number of amides is 2. The summed E-state index contributed by atoms with van der Waals surface area (Å²) in [5.41, 5.74) is 1.83. The quantitative estimate of drug-likeness (QED) is 0.428. The molecule has 2 aromatic carbocycles. The zero-order chi connectivity index (χ0) is 27.6. The maximum Gasteiger partial charge on any atom is 0.318 e. The van der Waals surface area contributed by atoms with Gasteiger partial charge in [-0.15, -0.1) is 0 Å². The van der Waals surface area contributed by atoms with Gasteiger partial charge in [0.2, 0.25) is 0 Å². The summed E-state index contributed by atoms with van der Waals surface area (Å²) in [5, 5.41) is 6.33. The molecule has 0 radical (unpaired) electrons. The number of nitrogens with one attached hydrogen (secondary N) is 2. The Labute approximate surface area is 221 Å². The zero-order valence-corrected chi connectivity index (χ0v) is 23.2. The third-order valence-corrected chi connectivity index (χ3v) is 5.75. The highest BCUT2D eigenvalue weighted by molar-refractivity contribution is 5.74. The van der Waals surface area contributed by atoms with Gasteiger partial charge in [0, 0.05) is 19.1 Å². The van der Waals surface area contributed by atoms with Crippen LogP contribution < -0.4 is 15.4 Å². The van der Waals surface area contributed by atoms with Crippen molar-refractivity contribution in [2.45, 2.75) is 66.6 Å². The Morgan fingerprint density at radius 3 is 2.14 bits per heavy atom. The number of methoxy groups -OCH3 is 1. The molecule has 0 bridgehead atoms. The monoisotopic (exact) mass is 517 g/mol. The molecular weight excluding hydrogens is 473 g/mol. The number of ether oxygens (including phenoxy) is 2. The molecule has 0 spiro atoms. The minimum atomic E-state index is -0.351. The summed E-state index contributed by atoms with van der Waals surface area (Å²) in [5.74, 6) is -0.304. The van der Waals surface area contributed by atoms with Gasteiger partial charge in [-0.05, 0) is 68.2 Å². The molecule has 3 rings (SSSR count). The van der Waals surface area contributed by atoms with E-state index >= 15 is 0 Å². The number of carbonyl (C=O) groups is 2. The van der Waals surface area contributed by atoms with E-state index in [2.05, 4.69) is 10.6 Å². The lowest BCUT2D eigenvalue weighted by Crippen LogP contribution is -2.49. The summed E-state index contributed by atoms with van der Waals surface area (Å²) in [6.45, 7) is 12.5. The van der Waals surface area contributed by atoms with Crippen LogP contribution in [-0.4, -0.2) is 49.7 Å². The number of esters is 1. The number of nitrogens with zero attached hydrogens (tertiary/aromatic N) is 1. The van der Waals surface area contributed by atoms with E-state index in [0.717, 1.165) is 37.1 Å². The highest BCUT2D eigenvalue weighted by atomic mass is 19.1. The Kier molecular flexibility index (Phi) is 15.7. The molecule has 1 aliphatic rings. The standard InChI is InChI=1S/C25H32FN3O4.2C2H6/c1-18(24(30)32-2)17-33-23-9-5-19(6-10-23)15-28-25(31)29(22-11-13-27-14-12-22)16-20-3-7-21(26)8-4-20;2*1-2/h3-10,18,22,27H,11-17H2,1-2H3,(H,28,31);2*1-2H3. The lowest BCUT2D eigenvalue weighted by atomic mass is 10.0. The normalized spacial score (nSPS) is 13.6. The summed E-state index contributed by atoms with van der Waals surface area (Å²) in [6, 6.07) is 13.7. The molecule has 1 fully saturated rings. The molecule has 206 valence electrons. The van der Waals surface area contributed by atoms with Gasteiger partial charge < -0.3 is 25.0 Å². The van der Waals surface area contributed by atoms with E-state index in [1.165, 1.54) is 19.2 Å². The molecule has 2 amide bonds. The van der Waals surface area contributed by atoms with Gasteiger partial charge in [0.05, 0.1) is 13.0 Å². The summed E-state index contributed by atoms with van der Waals surface area (Å²) in [6.07, 6.45) is 1.76. The van der Waals surface area contributed by atoms with Gasteiger partial charge in [0.25, 0.3) is 0 Å². The highest BCUT2D eigenvalue weighted by Crippen LogP contribution is 2.18. The first-order valence-corrected chi connectivity index (χ1v) is 13.3. The molecule has 2 aromatic rings. The number of urea groups is 1. The Balaban J connectivity index is 0.00000163. The average molecular weight is 518 g/mol. The van der Waals surface area contributed by atoms with Crippen molar-refractivity contribution >= 4 is 12.0 Å². The van der Waals surface area contributed by atoms with E-state index in [9.17, 15) is 14.0 Å². The Morgan fingerprint density at radius 2 is 1.57 bits per heavy atom. The molecule has 0 aromatic heterocycles. The first-order chi connectivity index (χ1) is 18.0. The van der Waals surface area contributed by atoms with E-state index in [-0.39, 0.29) is 36.4 Å². The number of benzene rings is 2. The van der Waals surface area contributed by atoms with Crippen molar-refractivity contribution < 1.29 is 23.5 Å². The molecule has 1 unspecified atom stereocenters. The first-order valence-electron chi connectivity index (χ1n) is 13.3. The van der Waals surface area contributed by atoms with E-state index in [0.29, 0.717) is 18.8 Å². The molecule has 1 saturated heterocycles. The van der Waals surface area contributed by atoms with Crippen molar-refractivity contribution in [2.24, 2.45) is 5.92 Å². The van der Waals surface area contributed by atoms with Crippen molar-refractivity contribution in [1.29, 1.82) is 0 Å². The number of piperidine rings is 1. The predicted octanol–water partition coefficient (Wildman–Crippen LogP) is 5.53. The van der Waals surface area contributed by atoms with Gasteiger partial charge in [-0.2, -0.15) is 0 Å². The lowest BCUT2D eigenvalue weighted by Gasteiger charge is -2.35. The molecule has 0 saturated carbocycles. The second kappa shape index (κ2) is 18.2. The number of rotatable bonds is 9. The highest BCUT2D eigenvalue weighted by Gasteiger charge is 2.25. The Bertz CT molecular complexity index is 900. The predicted molar refractivity (Wildman–Crippen MR) is 146 cm³/mol. The van der Waals surface area contributed by atoms with Crippen LogP contribution in [0.2, 0.25) is 0 Å². The van der Waals surface area contributed by atoms with E-state index in [1.54, 1.807) is 19.1 Å². The van der Waals surface area contributed by atoms with Crippen LogP contribution in [0.4, 0.5) is 9.18 Å². The van der Waals surface area contributed by atoms with Crippen molar-refractivity contribution in [3.8, 4) is 5.75 Å². The Morgan fingerprint density at radius 1 is 1.00 bits per heavy atom. The summed E-state index contributed by atoms with van der Waals surface area (Å²) >= 11 is 0. The van der Waals surface area contributed by atoms with Crippen LogP contribution in [0.1, 0.15) is 58.6 Å². The number of halogens is 1. The van der Waals surface area contributed by atoms with Gasteiger partial charge in [-0.3, -0.25) is 4.79 Å². The van der Waals surface area contributed by atoms with Crippen LogP contribution in [-0.2, 0) is 22.6 Å². The lowest BCUT2D eigenvalue weighted by molar-refractivity contribution is -0.145. The fourth-order valence-electron chi connectivity index (χ4n) is 3.74. The van der Waals surface area contributed by atoms with Gasteiger partial charge in [0.15, 0.2) is 0 Å². The third-order valence-electron chi connectivity index (χ3n) is 5.75. The average Bonchev–Trinajstić information content (AvgIpc) is 2.97. The largest absolute Gasteiger partial charge is 0.493 e. The maximum absolute atomic E-state index is 13.3. The first kappa shape index (κ1) is 31.9. The van der Waals surface area contributed by atoms with E-state index in [1.807, 2.05) is 56.9 Å². The second-order valence-corrected chi connectivity index (χ2v) is 8.27. The molecule has 7 nitrogen and oxygen atoms in total. The molecule has 1 heterocycles. The number of carbonyl (C=O) groups excluding carboxylic acids is 2. The molecule has 37 heavy (non-hydrogen) atoms. The van der Waals surface area contributed by atoms with Gasteiger partial charge in [0.1, 0.15) is 18.2 Å². The van der Waals surface area contributed by atoms with Crippen LogP contribution >= 0.6 is 0 Å². The van der Waals surface area contributed by atoms with Gasteiger partial charge >= 0.3 is 12.0 Å². The minimum Gasteiger partial charge on any atom is -0.493 e. The van der Waals surface area contributed by atoms with Crippen molar-refractivity contribution in [2.75, 3.05) is 26.8 Å². The molecule has 8 heteroatoms. The number of hydrogen-bond donors (Lipinski definition) is 2. The van der Waals surface area contributed by atoms with Crippen LogP contribution in [0.3, 0.4) is 0 Å². The number of hydrogen-bond acceptors (Lipinski definition) is 5. The van der Waals surface area contributed by atoms with Crippen molar-refractivity contribution in [3.05, 3.63) is 65.5 Å². The van der Waals surface area contributed by atoms with Crippen LogP contribution in [0, 0.1) is 11.7 Å². The van der Waals surface area contributed by atoms with Crippen LogP contribution in [0.25, 0.3) is 0 Å². The van der Waals surface area contributed by atoms with Crippen LogP contribution in [0.5, 0.6) is 5.75 Å². The molecular formula is C29H44FN3O4. The third kappa shape index (κ3) is 11.2. The fraction of sp³-hybridized carbons (Fsp3) is 0.517. The molecule has 1 aliphatic heterocycles. The zero-order valence-electron chi connectivity index (χ0n) is 23.2. The topological polar surface area (TPSA) is 79.9 Å². The summed E-state index contributed by atoms with van der Waals surface area (Å²) in [4.78, 5) is 26.4. The van der Waals surface area contributed by atoms with Gasteiger partial charge in [-0.25, -0.2) is 9.18 Å². The van der Waals surface area contributed by atoms with Crippen molar-refractivity contribution in [1.82, 2.24) is 15.5 Å². The van der Waals surface area contributed by atoms with E-state index in [4.69, 9.17) is 9.47 Å². The van der Waals surface area contributed by atoms with Gasteiger partial charge in [-0.1, -0.05) is 52.0 Å². The van der Waals surface area contributed by atoms with Crippen molar-refractivity contribution in [3.63, 3.8) is 0 Å². The molecule has 1 atom stereocenters. The SMILES string of the molecule is CC.CC.COC(=O)C(C)COc1ccc(CNC(=O)N(Cc2ccc(F)cc2)C2CCNCC2)cc1. The summed E-state index contributed by atoms with van der Waals surface area (Å²) in [7, 11) is 1.36. The maximum atomic E-state index is 13.3. The second-order valence-electron chi connectivity index (χ2n) is 8.27. The smallest absolute Gasteiger partial charge is 0.318 e. The van der Waals surface area contributed by atoms with Crippen LogP contribution in [0.15, 0.2) is 48.5 Å². The minimum absolute atomic E-state index is 0.129.